The number of pyridine rings is 1. The van der Waals surface area contributed by atoms with Crippen LogP contribution in [0.2, 0.25) is 0 Å². The van der Waals surface area contributed by atoms with E-state index in [1.807, 2.05) is 24.3 Å². The van der Waals surface area contributed by atoms with Crippen LogP contribution < -0.4 is 0 Å². The van der Waals surface area contributed by atoms with E-state index in [4.69, 9.17) is 0 Å². The largest absolute Gasteiger partial charge is 0.394 e. The standard InChI is InChI=1S/C24H25N3O3/c1-2-3-4-6-17-8-10-18(11-9-17)23-20-14-26(15-22(29)27(20)21(23)16-28)24(30)19-7-5-12-25-13-19/h5,7-13,20-21,23,28H,2-3,14-16H2,1H3/t20-,21+,23-/m1/s1. The Morgan fingerprint density at radius 3 is 2.73 bits per heavy atom. The molecule has 0 saturated carbocycles. The highest BCUT2D eigenvalue weighted by atomic mass is 16.3. The number of fused-ring (bicyclic) bond motifs is 1. The van der Waals surface area contributed by atoms with Crippen molar-refractivity contribution in [1.29, 1.82) is 0 Å². The molecule has 2 aromatic rings. The molecule has 2 fully saturated rings. The Balaban J connectivity index is 1.54. The van der Waals surface area contributed by atoms with Gasteiger partial charge in [-0.2, -0.15) is 0 Å². The Labute approximate surface area is 176 Å². The van der Waals surface area contributed by atoms with E-state index in [2.05, 4.69) is 23.7 Å². The minimum atomic E-state index is -0.254. The number of carbonyl (C=O) groups excluding carboxylic acids is 2. The second-order valence-corrected chi connectivity index (χ2v) is 7.75. The van der Waals surface area contributed by atoms with Crippen LogP contribution in [0.3, 0.4) is 0 Å². The molecule has 3 atom stereocenters. The van der Waals surface area contributed by atoms with E-state index in [-0.39, 0.29) is 43.0 Å². The normalized spacial score (nSPS) is 22.6. The number of unbranched alkanes of at least 4 members (excludes halogenated alkanes) is 1. The number of nitrogens with zero attached hydrogens (tertiary/aromatic N) is 3. The van der Waals surface area contributed by atoms with Crippen molar-refractivity contribution >= 4 is 11.8 Å². The van der Waals surface area contributed by atoms with Gasteiger partial charge in [0.15, 0.2) is 0 Å². The van der Waals surface area contributed by atoms with E-state index in [1.165, 1.54) is 6.20 Å². The van der Waals surface area contributed by atoms with Gasteiger partial charge < -0.3 is 14.9 Å². The van der Waals surface area contributed by atoms with E-state index in [1.54, 1.807) is 28.1 Å². The summed E-state index contributed by atoms with van der Waals surface area (Å²) in [6.45, 7) is 2.47. The number of aliphatic hydroxyl groups excluding tert-OH is 1. The SMILES string of the molecule is CCCC#Cc1ccc([C@@H]2[C@H]3CN(C(=O)c4cccnc4)CC(=O)N3[C@H]2CO)cc1. The number of benzene rings is 1. The molecule has 6 nitrogen and oxygen atoms in total. The van der Waals surface area contributed by atoms with E-state index < -0.39 is 0 Å². The molecule has 2 aliphatic rings. The van der Waals surface area contributed by atoms with Gasteiger partial charge in [-0.1, -0.05) is 30.9 Å². The number of aromatic nitrogens is 1. The molecule has 1 N–H and O–H groups in total. The summed E-state index contributed by atoms with van der Waals surface area (Å²) in [4.78, 5) is 32.9. The molecular weight excluding hydrogens is 378 g/mol. The van der Waals surface area contributed by atoms with Gasteiger partial charge in [-0.15, -0.1) is 0 Å². The third-order valence-corrected chi connectivity index (χ3v) is 5.85. The topological polar surface area (TPSA) is 73.7 Å². The summed E-state index contributed by atoms with van der Waals surface area (Å²) in [7, 11) is 0. The molecule has 0 radical (unpaired) electrons. The van der Waals surface area contributed by atoms with Crippen molar-refractivity contribution in [2.75, 3.05) is 19.7 Å². The van der Waals surface area contributed by atoms with Crippen molar-refractivity contribution in [3.05, 3.63) is 65.5 Å². The predicted octanol–water partition coefficient (Wildman–Crippen LogP) is 2.04. The number of hydrogen-bond acceptors (Lipinski definition) is 4. The average Bonchev–Trinajstić information content (AvgIpc) is 2.76. The molecular formula is C24H25N3O3. The quantitative estimate of drug-likeness (QED) is 0.793. The monoisotopic (exact) mass is 403 g/mol. The van der Waals surface area contributed by atoms with E-state index in [0.29, 0.717) is 12.1 Å². The molecule has 0 unspecified atom stereocenters. The molecule has 154 valence electrons. The Morgan fingerprint density at radius 1 is 1.27 bits per heavy atom. The minimum Gasteiger partial charge on any atom is -0.394 e. The van der Waals surface area contributed by atoms with Crippen LogP contribution in [0.25, 0.3) is 0 Å². The van der Waals surface area contributed by atoms with Gasteiger partial charge >= 0.3 is 0 Å². The zero-order valence-corrected chi connectivity index (χ0v) is 17.0. The molecule has 0 spiro atoms. The molecule has 0 bridgehead atoms. The molecule has 30 heavy (non-hydrogen) atoms. The Kier molecular flexibility index (Phi) is 5.82. The number of amides is 2. The summed E-state index contributed by atoms with van der Waals surface area (Å²) >= 11 is 0. The molecule has 2 amide bonds. The van der Waals surface area contributed by atoms with Crippen molar-refractivity contribution in [3.63, 3.8) is 0 Å². The van der Waals surface area contributed by atoms with Crippen LogP contribution in [0.4, 0.5) is 0 Å². The molecule has 2 saturated heterocycles. The Morgan fingerprint density at radius 2 is 2.07 bits per heavy atom. The fourth-order valence-corrected chi connectivity index (χ4v) is 4.40. The second-order valence-electron chi connectivity index (χ2n) is 7.75. The highest BCUT2D eigenvalue weighted by molar-refractivity contribution is 5.97. The van der Waals surface area contributed by atoms with Crippen LogP contribution in [0.1, 0.15) is 47.2 Å². The van der Waals surface area contributed by atoms with Crippen LogP contribution in [0.15, 0.2) is 48.8 Å². The molecule has 4 rings (SSSR count). The van der Waals surface area contributed by atoms with E-state index in [9.17, 15) is 14.7 Å². The van der Waals surface area contributed by atoms with Gasteiger partial charge in [0.05, 0.1) is 24.3 Å². The van der Waals surface area contributed by atoms with Crippen LogP contribution >= 0.6 is 0 Å². The number of hydrogen-bond donors (Lipinski definition) is 1. The van der Waals surface area contributed by atoms with Gasteiger partial charge in [0.2, 0.25) is 5.91 Å². The summed E-state index contributed by atoms with van der Waals surface area (Å²) in [6, 6.07) is 11.0. The van der Waals surface area contributed by atoms with Crippen LogP contribution in [-0.4, -0.2) is 63.5 Å². The zero-order chi connectivity index (χ0) is 21.1. The summed E-state index contributed by atoms with van der Waals surface area (Å²) in [5.41, 5.74) is 2.49. The highest BCUT2D eigenvalue weighted by Crippen LogP contribution is 2.43. The third kappa shape index (κ3) is 3.69. The van der Waals surface area contributed by atoms with Crippen LogP contribution in [0.5, 0.6) is 0 Å². The first-order chi connectivity index (χ1) is 14.6. The molecule has 0 aliphatic carbocycles. The first-order valence-electron chi connectivity index (χ1n) is 10.3. The number of piperazine rings is 1. The highest BCUT2D eigenvalue weighted by Gasteiger charge is 2.54. The summed E-state index contributed by atoms with van der Waals surface area (Å²) in [5.74, 6) is 5.97. The summed E-state index contributed by atoms with van der Waals surface area (Å²) in [6.07, 6.45) is 5.04. The lowest BCUT2D eigenvalue weighted by Gasteiger charge is -2.58. The van der Waals surface area contributed by atoms with Crippen molar-refractivity contribution in [2.45, 2.75) is 37.8 Å². The first-order valence-corrected chi connectivity index (χ1v) is 10.3. The lowest BCUT2D eigenvalue weighted by atomic mass is 9.73. The molecule has 1 aromatic carbocycles. The second kappa shape index (κ2) is 8.68. The van der Waals surface area contributed by atoms with E-state index in [0.717, 1.165) is 24.0 Å². The lowest BCUT2D eigenvalue weighted by Crippen LogP contribution is -2.73. The fourth-order valence-electron chi connectivity index (χ4n) is 4.40. The molecule has 3 heterocycles. The van der Waals surface area contributed by atoms with Crippen molar-refractivity contribution in [2.24, 2.45) is 0 Å². The number of rotatable bonds is 4. The van der Waals surface area contributed by atoms with Gasteiger partial charge in [-0.05, 0) is 36.2 Å². The van der Waals surface area contributed by atoms with E-state index >= 15 is 0 Å². The van der Waals surface area contributed by atoms with Crippen LogP contribution in [0, 0.1) is 11.8 Å². The summed E-state index contributed by atoms with van der Waals surface area (Å²) < 4.78 is 0. The molecule has 2 aliphatic heterocycles. The molecule has 1 aromatic heterocycles. The van der Waals surface area contributed by atoms with Crippen molar-refractivity contribution < 1.29 is 14.7 Å². The Hall–Kier alpha value is -3.17. The average molecular weight is 403 g/mol. The van der Waals surface area contributed by atoms with Crippen molar-refractivity contribution in [3.8, 4) is 11.8 Å². The van der Waals surface area contributed by atoms with Gasteiger partial charge in [0.1, 0.15) is 6.54 Å². The summed E-state index contributed by atoms with van der Waals surface area (Å²) in [5, 5.41) is 9.92. The third-order valence-electron chi connectivity index (χ3n) is 5.85. The minimum absolute atomic E-state index is 0.0129. The van der Waals surface area contributed by atoms with Crippen molar-refractivity contribution in [1.82, 2.24) is 14.8 Å². The number of aliphatic hydroxyl groups is 1. The molecule has 6 heteroatoms. The first kappa shape index (κ1) is 20.1. The van der Waals surface area contributed by atoms with Gasteiger partial charge in [-0.25, -0.2) is 0 Å². The maximum absolute atomic E-state index is 12.8. The lowest BCUT2D eigenvalue weighted by molar-refractivity contribution is -0.159. The van der Waals surface area contributed by atoms with Gasteiger partial charge in [0.25, 0.3) is 5.91 Å². The zero-order valence-electron chi connectivity index (χ0n) is 17.0. The maximum atomic E-state index is 12.8. The van der Waals surface area contributed by atoms with Crippen LogP contribution in [-0.2, 0) is 4.79 Å². The van der Waals surface area contributed by atoms with Gasteiger partial charge in [-0.3, -0.25) is 14.6 Å². The smallest absolute Gasteiger partial charge is 0.255 e. The number of carbonyl (C=O) groups is 2. The fraction of sp³-hybridized carbons (Fsp3) is 0.375. The predicted molar refractivity (Wildman–Crippen MR) is 113 cm³/mol. The Bertz CT molecular complexity index is 978. The maximum Gasteiger partial charge on any atom is 0.255 e. The van der Waals surface area contributed by atoms with Gasteiger partial charge in [0, 0.05) is 36.8 Å².